The molecule has 0 radical (unpaired) electrons. The molecule has 124 valence electrons. The van der Waals surface area contributed by atoms with Crippen molar-refractivity contribution in [3.05, 3.63) is 53.9 Å². The van der Waals surface area contributed by atoms with Gasteiger partial charge >= 0.3 is 0 Å². The molecular formula is C19H27N3O. The first kappa shape index (κ1) is 16.2. The lowest BCUT2D eigenvalue weighted by molar-refractivity contribution is 0.0585. The Hall–Kier alpha value is -1.65. The van der Waals surface area contributed by atoms with Gasteiger partial charge in [-0.05, 0) is 56.8 Å². The van der Waals surface area contributed by atoms with Crippen molar-refractivity contribution < 1.29 is 5.11 Å². The van der Waals surface area contributed by atoms with Crippen molar-refractivity contribution in [1.82, 2.24) is 14.7 Å². The van der Waals surface area contributed by atoms with E-state index in [2.05, 4.69) is 22.1 Å². The van der Waals surface area contributed by atoms with Crippen LogP contribution in [-0.4, -0.2) is 45.5 Å². The number of piperidine rings is 1. The van der Waals surface area contributed by atoms with Gasteiger partial charge in [-0.1, -0.05) is 30.3 Å². The summed E-state index contributed by atoms with van der Waals surface area (Å²) in [5.41, 5.74) is 2.31. The van der Waals surface area contributed by atoms with E-state index in [1.54, 1.807) is 0 Å². The Labute approximate surface area is 138 Å². The largest absolute Gasteiger partial charge is 0.392 e. The summed E-state index contributed by atoms with van der Waals surface area (Å²) in [6.45, 7) is 6.18. The molecule has 1 unspecified atom stereocenters. The lowest BCUT2D eigenvalue weighted by Crippen LogP contribution is -2.39. The topological polar surface area (TPSA) is 41.3 Å². The Kier molecular flexibility index (Phi) is 5.47. The molecule has 0 saturated carbocycles. The smallest absolute Gasteiger partial charge is 0.0609 e. The van der Waals surface area contributed by atoms with E-state index in [0.29, 0.717) is 5.92 Å². The van der Waals surface area contributed by atoms with Crippen molar-refractivity contribution >= 4 is 0 Å². The van der Waals surface area contributed by atoms with E-state index in [4.69, 9.17) is 0 Å². The molecule has 1 saturated heterocycles. The number of aliphatic hydroxyl groups excluding tert-OH is 1. The van der Waals surface area contributed by atoms with E-state index in [-0.39, 0.29) is 6.10 Å². The van der Waals surface area contributed by atoms with Gasteiger partial charge in [-0.25, -0.2) is 0 Å². The maximum atomic E-state index is 10.5. The highest BCUT2D eigenvalue weighted by Gasteiger charge is 2.25. The first-order valence-electron chi connectivity index (χ1n) is 8.65. The van der Waals surface area contributed by atoms with Crippen molar-refractivity contribution in [1.29, 1.82) is 0 Å². The maximum absolute atomic E-state index is 10.5. The third-order valence-corrected chi connectivity index (χ3v) is 4.88. The number of likely N-dealkylation sites (tertiary alicyclic amines) is 1. The van der Waals surface area contributed by atoms with Crippen molar-refractivity contribution in [2.45, 2.75) is 38.8 Å². The second-order valence-corrected chi connectivity index (χ2v) is 6.66. The number of aromatic nitrogens is 2. The van der Waals surface area contributed by atoms with Crippen LogP contribution in [0.3, 0.4) is 0 Å². The lowest BCUT2D eigenvalue weighted by Gasteiger charge is -2.34. The molecular weight excluding hydrogens is 286 g/mol. The Morgan fingerprint density at radius 1 is 1.13 bits per heavy atom. The minimum absolute atomic E-state index is 0.215. The third kappa shape index (κ3) is 4.66. The molecule has 23 heavy (non-hydrogen) atoms. The molecule has 0 bridgehead atoms. The number of aryl methyl sites for hydroxylation is 1. The van der Waals surface area contributed by atoms with Crippen LogP contribution in [0, 0.1) is 12.8 Å². The van der Waals surface area contributed by atoms with Gasteiger partial charge in [-0.15, -0.1) is 0 Å². The number of rotatable bonds is 6. The van der Waals surface area contributed by atoms with Crippen molar-refractivity contribution in [2.75, 3.05) is 19.6 Å². The summed E-state index contributed by atoms with van der Waals surface area (Å²) in [6.07, 6.45) is 4.79. The highest BCUT2D eigenvalue weighted by atomic mass is 16.3. The number of benzene rings is 1. The minimum atomic E-state index is -0.215. The summed E-state index contributed by atoms with van der Waals surface area (Å²) in [7, 11) is 0. The Morgan fingerprint density at radius 2 is 1.87 bits per heavy atom. The number of nitrogens with zero attached hydrogens (tertiary/aromatic N) is 3. The molecule has 4 heteroatoms. The van der Waals surface area contributed by atoms with Crippen molar-refractivity contribution in [3.8, 4) is 0 Å². The van der Waals surface area contributed by atoms with E-state index in [1.807, 2.05) is 42.1 Å². The van der Waals surface area contributed by atoms with Gasteiger partial charge in [0.05, 0.1) is 18.3 Å². The van der Waals surface area contributed by atoms with Gasteiger partial charge in [0, 0.05) is 12.7 Å². The van der Waals surface area contributed by atoms with Crippen molar-refractivity contribution in [3.63, 3.8) is 0 Å². The van der Waals surface area contributed by atoms with Crippen LogP contribution in [0.2, 0.25) is 0 Å². The van der Waals surface area contributed by atoms with Crippen LogP contribution < -0.4 is 0 Å². The SMILES string of the molecule is Cc1ccn(CCN2CCC(C(O)Cc3ccccc3)CC2)n1. The summed E-state index contributed by atoms with van der Waals surface area (Å²) in [5, 5.41) is 14.9. The molecule has 4 nitrogen and oxygen atoms in total. The summed E-state index contributed by atoms with van der Waals surface area (Å²) >= 11 is 0. The molecule has 1 aliphatic heterocycles. The van der Waals surface area contributed by atoms with Crippen LogP contribution in [0.4, 0.5) is 0 Å². The van der Waals surface area contributed by atoms with E-state index in [9.17, 15) is 5.11 Å². The minimum Gasteiger partial charge on any atom is -0.392 e. The van der Waals surface area contributed by atoms with Gasteiger partial charge in [0.25, 0.3) is 0 Å². The van der Waals surface area contributed by atoms with Gasteiger partial charge in [0.1, 0.15) is 0 Å². The van der Waals surface area contributed by atoms with E-state index >= 15 is 0 Å². The van der Waals surface area contributed by atoms with Crippen LogP contribution in [0.25, 0.3) is 0 Å². The molecule has 0 aliphatic carbocycles. The quantitative estimate of drug-likeness (QED) is 0.891. The molecule has 1 aromatic heterocycles. The van der Waals surface area contributed by atoms with E-state index < -0.39 is 0 Å². The van der Waals surface area contributed by atoms with E-state index in [1.165, 1.54) is 5.56 Å². The zero-order chi connectivity index (χ0) is 16.1. The highest BCUT2D eigenvalue weighted by molar-refractivity contribution is 5.15. The Bertz CT molecular complexity index is 588. The molecule has 1 fully saturated rings. The predicted molar refractivity (Wildman–Crippen MR) is 92.3 cm³/mol. The van der Waals surface area contributed by atoms with Gasteiger partial charge in [0.2, 0.25) is 0 Å². The molecule has 2 aromatic rings. The van der Waals surface area contributed by atoms with E-state index in [0.717, 1.165) is 51.1 Å². The Morgan fingerprint density at radius 3 is 2.52 bits per heavy atom. The predicted octanol–water partition coefficient (Wildman–Crippen LogP) is 2.51. The second kappa shape index (κ2) is 7.75. The Balaban J connectivity index is 1.41. The molecule has 1 aromatic carbocycles. The zero-order valence-electron chi connectivity index (χ0n) is 13.9. The number of aliphatic hydroxyl groups is 1. The molecule has 0 spiro atoms. The van der Waals surface area contributed by atoms with Gasteiger partial charge in [-0.2, -0.15) is 5.10 Å². The molecule has 1 atom stereocenters. The molecule has 1 N–H and O–H groups in total. The highest BCUT2D eigenvalue weighted by Crippen LogP contribution is 2.23. The summed E-state index contributed by atoms with van der Waals surface area (Å²) < 4.78 is 2.02. The normalized spacial score (nSPS) is 18.2. The fraction of sp³-hybridized carbons (Fsp3) is 0.526. The maximum Gasteiger partial charge on any atom is 0.0609 e. The average molecular weight is 313 g/mol. The molecule has 1 aliphatic rings. The van der Waals surface area contributed by atoms with Crippen LogP contribution in [0.15, 0.2) is 42.6 Å². The standard InChI is InChI=1S/C19H27N3O/c1-16-7-12-22(20-16)14-13-21-10-8-18(9-11-21)19(23)15-17-5-3-2-4-6-17/h2-7,12,18-19,23H,8-11,13-15H2,1H3. The number of hydrogen-bond donors (Lipinski definition) is 1. The fourth-order valence-corrected chi connectivity index (χ4v) is 3.42. The summed E-state index contributed by atoms with van der Waals surface area (Å²) in [4.78, 5) is 2.49. The summed E-state index contributed by atoms with van der Waals surface area (Å²) in [5.74, 6) is 0.429. The van der Waals surface area contributed by atoms with Crippen LogP contribution >= 0.6 is 0 Å². The molecule has 2 heterocycles. The molecule has 3 rings (SSSR count). The van der Waals surface area contributed by atoms with Gasteiger partial charge < -0.3 is 10.0 Å². The zero-order valence-corrected chi connectivity index (χ0v) is 13.9. The van der Waals surface area contributed by atoms with Crippen LogP contribution in [0.5, 0.6) is 0 Å². The second-order valence-electron chi connectivity index (χ2n) is 6.66. The van der Waals surface area contributed by atoms with Crippen LogP contribution in [-0.2, 0) is 13.0 Å². The van der Waals surface area contributed by atoms with Crippen molar-refractivity contribution in [2.24, 2.45) is 5.92 Å². The monoisotopic (exact) mass is 313 g/mol. The fourth-order valence-electron chi connectivity index (χ4n) is 3.42. The van der Waals surface area contributed by atoms with Gasteiger partial charge in [-0.3, -0.25) is 4.68 Å². The first-order valence-corrected chi connectivity index (χ1v) is 8.65. The summed E-state index contributed by atoms with van der Waals surface area (Å²) in [6, 6.07) is 12.4. The van der Waals surface area contributed by atoms with Gasteiger partial charge in [0.15, 0.2) is 0 Å². The lowest BCUT2D eigenvalue weighted by atomic mass is 9.88. The molecule has 0 amide bonds. The third-order valence-electron chi connectivity index (χ3n) is 4.88. The first-order chi connectivity index (χ1) is 11.2. The number of hydrogen-bond acceptors (Lipinski definition) is 3. The average Bonchev–Trinajstić information content (AvgIpc) is 3.00. The van der Waals surface area contributed by atoms with Crippen LogP contribution in [0.1, 0.15) is 24.1 Å².